The summed E-state index contributed by atoms with van der Waals surface area (Å²) >= 11 is 3.37. The van der Waals surface area contributed by atoms with E-state index in [1.165, 1.54) is 7.11 Å². The van der Waals surface area contributed by atoms with Gasteiger partial charge in [0.2, 0.25) is 0 Å². The maximum Gasteiger partial charge on any atom is 0.313 e. The minimum atomic E-state index is -0.484. The molecule has 2 N–H and O–H groups in total. The van der Waals surface area contributed by atoms with E-state index in [1.54, 1.807) is 0 Å². The Labute approximate surface area is 103 Å². The van der Waals surface area contributed by atoms with E-state index in [-0.39, 0.29) is 12.0 Å². The van der Waals surface area contributed by atoms with Crippen molar-refractivity contribution in [3.8, 4) is 0 Å². The van der Waals surface area contributed by atoms with Gasteiger partial charge in [-0.15, -0.1) is 0 Å². The average Bonchev–Trinajstić information content (AvgIpc) is 3.09. The largest absolute Gasteiger partial charge is 0.469 e. The fraction of sp³-hybridized carbons (Fsp3) is 0.417. The molecule has 0 saturated heterocycles. The maximum absolute atomic E-state index is 11.7. The molecular formula is C12H14BrNO2. The summed E-state index contributed by atoms with van der Waals surface area (Å²) < 4.78 is 5.82. The van der Waals surface area contributed by atoms with Crippen LogP contribution in [0.4, 0.5) is 0 Å². The van der Waals surface area contributed by atoms with Crippen molar-refractivity contribution < 1.29 is 9.53 Å². The predicted octanol–water partition coefficient (Wildman–Crippen LogP) is 2.40. The highest BCUT2D eigenvalue weighted by molar-refractivity contribution is 9.10. The lowest BCUT2D eigenvalue weighted by molar-refractivity contribution is -0.148. The Kier molecular flexibility index (Phi) is 3.04. The molecule has 0 radical (unpaired) electrons. The van der Waals surface area contributed by atoms with Crippen LogP contribution in [-0.2, 0) is 9.53 Å². The summed E-state index contributed by atoms with van der Waals surface area (Å²) in [5, 5.41) is 0. The molecule has 1 aromatic rings. The first-order valence-electron chi connectivity index (χ1n) is 5.19. The molecule has 4 heteroatoms. The number of rotatable bonds is 3. The van der Waals surface area contributed by atoms with Gasteiger partial charge in [-0.25, -0.2) is 0 Å². The van der Waals surface area contributed by atoms with E-state index in [2.05, 4.69) is 15.9 Å². The first-order valence-corrected chi connectivity index (χ1v) is 5.99. The third-order valence-corrected chi connectivity index (χ3v) is 3.73. The van der Waals surface area contributed by atoms with Gasteiger partial charge < -0.3 is 10.5 Å². The molecule has 1 atom stereocenters. The fourth-order valence-electron chi connectivity index (χ4n) is 1.97. The lowest BCUT2D eigenvalue weighted by atomic mass is 9.91. The Balaban J connectivity index is 2.22. The number of benzene rings is 1. The van der Waals surface area contributed by atoms with Gasteiger partial charge >= 0.3 is 5.97 Å². The van der Waals surface area contributed by atoms with Crippen LogP contribution in [0.25, 0.3) is 0 Å². The second-order valence-corrected chi connectivity index (χ2v) is 5.09. The fourth-order valence-corrected chi connectivity index (χ4v) is 2.23. The number of halogens is 1. The van der Waals surface area contributed by atoms with Crippen LogP contribution >= 0.6 is 15.9 Å². The molecule has 0 bridgehead atoms. The standard InChI is InChI=1S/C12H14BrNO2/c1-16-11(15)12(6-7-12)10(14)8-2-4-9(13)5-3-8/h2-5,10H,6-7,14H2,1H3. The third kappa shape index (κ3) is 1.87. The molecule has 16 heavy (non-hydrogen) atoms. The molecule has 3 nitrogen and oxygen atoms in total. The Morgan fingerprint density at radius 3 is 2.44 bits per heavy atom. The van der Waals surface area contributed by atoms with Crippen molar-refractivity contribution in [2.75, 3.05) is 7.11 Å². The van der Waals surface area contributed by atoms with Crippen LogP contribution in [-0.4, -0.2) is 13.1 Å². The number of methoxy groups -OCH3 is 1. The highest BCUT2D eigenvalue weighted by atomic mass is 79.9. The van der Waals surface area contributed by atoms with Crippen molar-refractivity contribution in [3.05, 3.63) is 34.3 Å². The van der Waals surface area contributed by atoms with Crippen LogP contribution in [0.3, 0.4) is 0 Å². The number of nitrogens with two attached hydrogens (primary N) is 1. The second-order valence-electron chi connectivity index (χ2n) is 4.18. The summed E-state index contributed by atoms with van der Waals surface area (Å²) in [6.45, 7) is 0. The summed E-state index contributed by atoms with van der Waals surface area (Å²) in [6, 6.07) is 7.48. The molecular weight excluding hydrogens is 270 g/mol. The molecule has 1 saturated carbocycles. The predicted molar refractivity (Wildman–Crippen MR) is 64.8 cm³/mol. The van der Waals surface area contributed by atoms with E-state index in [0.29, 0.717) is 0 Å². The van der Waals surface area contributed by atoms with Gasteiger partial charge in [0.1, 0.15) is 0 Å². The van der Waals surface area contributed by atoms with Gasteiger partial charge in [-0.1, -0.05) is 28.1 Å². The first-order chi connectivity index (χ1) is 7.60. The van der Waals surface area contributed by atoms with Crippen molar-refractivity contribution >= 4 is 21.9 Å². The number of carbonyl (C=O) groups excluding carboxylic acids is 1. The van der Waals surface area contributed by atoms with Crippen LogP contribution in [0.15, 0.2) is 28.7 Å². The summed E-state index contributed by atoms with van der Waals surface area (Å²) in [6.07, 6.45) is 1.63. The first kappa shape index (κ1) is 11.6. The van der Waals surface area contributed by atoms with Crippen molar-refractivity contribution in [3.63, 3.8) is 0 Å². The minimum absolute atomic E-state index is 0.192. The molecule has 1 aliphatic carbocycles. The highest BCUT2D eigenvalue weighted by Crippen LogP contribution is 2.54. The van der Waals surface area contributed by atoms with Gasteiger partial charge in [-0.2, -0.15) is 0 Å². The van der Waals surface area contributed by atoms with Gasteiger partial charge in [0, 0.05) is 10.5 Å². The zero-order valence-electron chi connectivity index (χ0n) is 9.07. The van der Waals surface area contributed by atoms with Gasteiger partial charge in [-0.3, -0.25) is 4.79 Å². The smallest absolute Gasteiger partial charge is 0.313 e. The Morgan fingerprint density at radius 2 is 2.00 bits per heavy atom. The summed E-state index contributed by atoms with van der Waals surface area (Å²) in [7, 11) is 1.41. The van der Waals surface area contributed by atoms with Gasteiger partial charge in [0.25, 0.3) is 0 Å². The van der Waals surface area contributed by atoms with E-state index >= 15 is 0 Å². The number of hydrogen-bond acceptors (Lipinski definition) is 3. The third-order valence-electron chi connectivity index (χ3n) is 3.21. The molecule has 1 unspecified atom stereocenters. The van der Waals surface area contributed by atoms with E-state index in [0.717, 1.165) is 22.9 Å². The van der Waals surface area contributed by atoms with Crippen molar-refractivity contribution in [1.29, 1.82) is 0 Å². The number of esters is 1. The molecule has 1 aromatic carbocycles. The highest BCUT2D eigenvalue weighted by Gasteiger charge is 2.56. The van der Waals surface area contributed by atoms with Crippen molar-refractivity contribution in [2.45, 2.75) is 18.9 Å². The van der Waals surface area contributed by atoms with E-state index in [1.807, 2.05) is 24.3 Å². The van der Waals surface area contributed by atoms with Crippen molar-refractivity contribution in [2.24, 2.45) is 11.1 Å². The molecule has 0 aliphatic heterocycles. The van der Waals surface area contributed by atoms with Gasteiger partial charge in [-0.05, 0) is 30.5 Å². The van der Waals surface area contributed by atoms with E-state index in [9.17, 15) is 4.79 Å². The SMILES string of the molecule is COC(=O)C1(C(N)c2ccc(Br)cc2)CC1. The molecule has 1 fully saturated rings. The lowest BCUT2D eigenvalue weighted by Gasteiger charge is -2.21. The Morgan fingerprint density at radius 1 is 1.44 bits per heavy atom. The summed E-state index contributed by atoms with van der Waals surface area (Å²) in [5.74, 6) is -0.192. The monoisotopic (exact) mass is 283 g/mol. The zero-order chi connectivity index (χ0) is 11.8. The maximum atomic E-state index is 11.7. The van der Waals surface area contributed by atoms with Crippen LogP contribution in [0.5, 0.6) is 0 Å². The zero-order valence-corrected chi connectivity index (χ0v) is 10.7. The molecule has 86 valence electrons. The van der Waals surface area contributed by atoms with Crippen LogP contribution < -0.4 is 5.73 Å². The van der Waals surface area contributed by atoms with E-state index in [4.69, 9.17) is 10.5 Å². The average molecular weight is 284 g/mol. The topological polar surface area (TPSA) is 52.3 Å². The Bertz CT molecular complexity index is 398. The second kappa shape index (κ2) is 4.18. The minimum Gasteiger partial charge on any atom is -0.469 e. The van der Waals surface area contributed by atoms with E-state index < -0.39 is 5.41 Å². The molecule has 0 spiro atoms. The molecule has 2 rings (SSSR count). The summed E-state index contributed by atoms with van der Waals surface area (Å²) in [5.41, 5.74) is 6.64. The summed E-state index contributed by atoms with van der Waals surface area (Å²) in [4.78, 5) is 11.7. The molecule has 0 amide bonds. The molecule has 0 aromatic heterocycles. The number of ether oxygens (including phenoxy) is 1. The van der Waals surface area contributed by atoms with Gasteiger partial charge in [0.15, 0.2) is 0 Å². The van der Waals surface area contributed by atoms with Crippen molar-refractivity contribution in [1.82, 2.24) is 0 Å². The molecule has 0 heterocycles. The quantitative estimate of drug-likeness (QED) is 0.867. The van der Waals surface area contributed by atoms with Crippen LogP contribution in [0, 0.1) is 5.41 Å². The normalized spacial score (nSPS) is 18.9. The van der Waals surface area contributed by atoms with Crippen LogP contribution in [0.1, 0.15) is 24.4 Å². The number of hydrogen-bond donors (Lipinski definition) is 1. The lowest BCUT2D eigenvalue weighted by Crippen LogP contribution is -2.31. The molecule has 1 aliphatic rings. The number of carbonyl (C=O) groups is 1. The Hall–Kier alpha value is -0.870. The van der Waals surface area contributed by atoms with Gasteiger partial charge in [0.05, 0.1) is 12.5 Å². The van der Waals surface area contributed by atoms with Crippen LogP contribution in [0.2, 0.25) is 0 Å².